The molecule has 1 N–H and O–H groups in total. The number of benzene rings is 3. The molecular weight excluding hydrogens is 419 g/mol. The Morgan fingerprint density at radius 1 is 0.781 bits per heavy atom. The summed E-state index contributed by atoms with van der Waals surface area (Å²) in [5.74, 6) is 2.08. The molecule has 0 aliphatic rings. The van der Waals surface area contributed by atoms with E-state index >= 15 is 0 Å². The summed E-state index contributed by atoms with van der Waals surface area (Å²) in [6.07, 6.45) is 0.201. The van der Waals surface area contributed by atoms with E-state index in [0.29, 0.717) is 19.6 Å². The topological polar surface area (TPSA) is 74.2 Å². The van der Waals surface area contributed by atoms with E-state index in [2.05, 4.69) is 0 Å². The molecule has 0 aromatic heterocycles. The Balaban J connectivity index is 0.00000363. The summed E-state index contributed by atoms with van der Waals surface area (Å²) >= 11 is 0. The Morgan fingerprint density at radius 3 is 1.81 bits per heavy atom. The van der Waals surface area contributed by atoms with Crippen molar-refractivity contribution in [1.82, 2.24) is 0 Å². The zero-order valence-electron chi connectivity index (χ0n) is 17.4. The number of methoxy groups -OCH3 is 1. The average Bonchev–Trinajstić information content (AvgIpc) is 2.80. The molecule has 1 atom stereocenters. The maximum atomic E-state index is 11.0. The molecule has 3 rings (SSSR count). The third-order valence-corrected chi connectivity index (χ3v) is 4.53. The number of carboxylic acids is 1. The number of aliphatic carboxylic acids is 1. The molecule has 0 bridgehead atoms. The third-order valence-electron chi connectivity index (χ3n) is 4.53. The van der Waals surface area contributed by atoms with Crippen LogP contribution in [-0.4, -0.2) is 67.1 Å². The first-order valence-corrected chi connectivity index (χ1v) is 10.1. The molecule has 0 radical (unpaired) electrons. The summed E-state index contributed by atoms with van der Waals surface area (Å²) in [6.45, 7) is 1.05. The predicted octanol–water partition coefficient (Wildman–Crippen LogP) is 4.32. The van der Waals surface area contributed by atoms with E-state index in [-0.39, 0.29) is 29.6 Å². The second kappa shape index (κ2) is 13.8. The van der Waals surface area contributed by atoms with Crippen molar-refractivity contribution in [2.45, 2.75) is 18.9 Å². The molecule has 0 saturated heterocycles. The van der Waals surface area contributed by atoms with E-state index in [9.17, 15) is 4.79 Å². The number of ether oxygens (including phenoxy) is 4. The van der Waals surface area contributed by atoms with E-state index in [1.807, 2.05) is 78.9 Å². The Hall–Kier alpha value is -2.51. The van der Waals surface area contributed by atoms with Crippen LogP contribution in [-0.2, 0) is 16.0 Å². The molecule has 3 aromatic carbocycles. The summed E-state index contributed by atoms with van der Waals surface area (Å²) in [4.78, 5) is 11.0. The molecule has 0 amide bonds. The molecule has 6 nitrogen and oxygen atoms in total. The second-order valence-corrected chi connectivity index (χ2v) is 6.85. The Kier molecular flexibility index (Phi) is 11.1. The molecule has 32 heavy (non-hydrogen) atoms. The SMILES string of the molecule is CO[C@@H](Cc1ccc(OCCCOc2ccc(Oc3ccccc3)cc2)cc1)C(=O)O.[NaH]. The van der Waals surface area contributed by atoms with Crippen LogP contribution in [0, 0.1) is 0 Å². The number of para-hydroxylation sites is 1. The van der Waals surface area contributed by atoms with Gasteiger partial charge in [0.25, 0.3) is 0 Å². The van der Waals surface area contributed by atoms with Crippen molar-refractivity contribution in [3.8, 4) is 23.0 Å². The van der Waals surface area contributed by atoms with Crippen molar-refractivity contribution in [3.63, 3.8) is 0 Å². The van der Waals surface area contributed by atoms with Gasteiger partial charge in [-0.25, -0.2) is 4.79 Å². The standard InChI is InChI=1S/C25H26O6.Na.H/c1-28-24(25(26)27)18-19-8-10-20(11-9-19)29-16-5-17-30-21-12-14-23(15-13-21)31-22-6-3-2-4-7-22;;/h2-4,6-15,24H,5,16-18H2,1H3,(H,26,27);;/t24-;;/m0../s1. The molecule has 0 spiro atoms. The van der Waals surface area contributed by atoms with Crippen molar-refractivity contribution < 1.29 is 28.8 Å². The van der Waals surface area contributed by atoms with Gasteiger partial charge in [0.1, 0.15) is 23.0 Å². The Bertz CT molecular complexity index is 929. The molecule has 0 unspecified atom stereocenters. The van der Waals surface area contributed by atoms with Crippen LogP contribution in [0.3, 0.4) is 0 Å². The van der Waals surface area contributed by atoms with Crippen LogP contribution in [0.1, 0.15) is 12.0 Å². The Labute approximate surface area is 210 Å². The van der Waals surface area contributed by atoms with Crippen LogP contribution in [0.5, 0.6) is 23.0 Å². The predicted molar refractivity (Wildman–Crippen MR) is 124 cm³/mol. The maximum absolute atomic E-state index is 11.0. The van der Waals surface area contributed by atoms with Crippen LogP contribution in [0.15, 0.2) is 78.9 Å². The third kappa shape index (κ3) is 8.55. The van der Waals surface area contributed by atoms with E-state index in [1.54, 1.807) is 0 Å². The minimum atomic E-state index is -0.971. The van der Waals surface area contributed by atoms with Crippen molar-refractivity contribution in [2.75, 3.05) is 20.3 Å². The van der Waals surface area contributed by atoms with Gasteiger partial charge in [0.2, 0.25) is 0 Å². The van der Waals surface area contributed by atoms with E-state index < -0.39 is 12.1 Å². The van der Waals surface area contributed by atoms with Gasteiger partial charge >= 0.3 is 35.5 Å². The molecule has 0 saturated carbocycles. The van der Waals surface area contributed by atoms with Gasteiger partial charge in [-0.2, -0.15) is 0 Å². The molecule has 7 heteroatoms. The van der Waals surface area contributed by atoms with Crippen molar-refractivity contribution >= 4 is 35.5 Å². The number of carbonyl (C=O) groups is 1. The number of hydrogen-bond donors (Lipinski definition) is 1. The summed E-state index contributed by atoms with van der Waals surface area (Å²) in [5.41, 5.74) is 0.879. The van der Waals surface area contributed by atoms with Crippen LogP contribution in [0.2, 0.25) is 0 Å². The second-order valence-electron chi connectivity index (χ2n) is 6.85. The molecular formula is C25H27NaO6. The fourth-order valence-corrected chi connectivity index (χ4v) is 2.87. The van der Waals surface area contributed by atoms with Gasteiger partial charge in [-0.15, -0.1) is 0 Å². The molecule has 0 aliphatic carbocycles. The summed E-state index contributed by atoms with van der Waals surface area (Å²) in [6, 6.07) is 24.5. The van der Waals surface area contributed by atoms with Gasteiger partial charge in [-0.1, -0.05) is 30.3 Å². The van der Waals surface area contributed by atoms with Crippen molar-refractivity contribution in [1.29, 1.82) is 0 Å². The quantitative estimate of drug-likeness (QED) is 0.330. The summed E-state index contributed by atoms with van der Waals surface area (Å²) in [5, 5.41) is 9.04. The molecule has 164 valence electrons. The van der Waals surface area contributed by atoms with E-state index in [4.69, 9.17) is 24.1 Å². The van der Waals surface area contributed by atoms with Crippen LogP contribution in [0.4, 0.5) is 0 Å². The zero-order valence-corrected chi connectivity index (χ0v) is 17.4. The summed E-state index contributed by atoms with van der Waals surface area (Å²) < 4.78 is 22.2. The normalized spacial score (nSPS) is 11.2. The van der Waals surface area contributed by atoms with Gasteiger partial charge in [0.15, 0.2) is 6.10 Å². The number of carboxylic acid groups (broad SMARTS) is 1. The van der Waals surface area contributed by atoms with Crippen LogP contribution >= 0.6 is 0 Å². The molecule has 0 fully saturated rings. The number of hydrogen-bond acceptors (Lipinski definition) is 5. The monoisotopic (exact) mass is 446 g/mol. The number of rotatable bonds is 12. The first kappa shape index (κ1) is 25.7. The van der Waals surface area contributed by atoms with Crippen LogP contribution in [0.25, 0.3) is 0 Å². The van der Waals surface area contributed by atoms with E-state index in [0.717, 1.165) is 35.0 Å². The van der Waals surface area contributed by atoms with E-state index in [1.165, 1.54) is 7.11 Å². The van der Waals surface area contributed by atoms with Crippen LogP contribution < -0.4 is 14.2 Å². The fourth-order valence-electron chi connectivity index (χ4n) is 2.87. The Morgan fingerprint density at radius 2 is 1.28 bits per heavy atom. The van der Waals surface area contributed by atoms with Crippen molar-refractivity contribution in [3.05, 3.63) is 84.4 Å². The van der Waals surface area contributed by atoms with Gasteiger partial charge in [-0.05, 0) is 54.1 Å². The first-order valence-electron chi connectivity index (χ1n) is 10.1. The molecule has 3 aromatic rings. The van der Waals surface area contributed by atoms with Gasteiger partial charge in [-0.3, -0.25) is 0 Å². The van der Waals surface area contributed by atoms with Gasteiger partial charge in [0, 0.05) is 20.0 Å². The molecule has 0 heterocycles. The first-order chi connectivity index (χ1) is 15.1. The van der Waals surface area contributed by atoms with Gasteiger partial charge < -0.3 is 24.1 Å². The minimum absolute atomic E-state index is 0. The zero-order chi connectivity index (χ0) is 21.9. The summed E-state index contributed by atoms with van der Waals surface area (Å²) in [7, 11) is 1.39. The fraction of sp³-hybridized carbons (Fsp3) is 0.240. The molecule has 0 aliphatic heterocycles. The van der Waals surface area contributed by atoms with Crippen molar-refractivity contribution in [2.24, 2.45) is 0 Å². The average molecular weight is 446 g/mol. The van der Waals surface area contributed by atoms with Gasteiger partial charge in [0.05, 0.1) is 13.2 Å².